The Kier molecular flexibility index (Phi) is 3.06. The van der Waals surface area contributed by atoms with Crippen LogP contribution in [0.15, 0.2) is 17.0 Å². The minimum atomic E-state index is 0.396. The van der Waals surface area contributed by atoms with Gasteiger partial charge in [-0.3, -0.25) is 0 Å². The molecule has 3 aromatic heterocycles. The molecule has 0 aliphatic carbocycles. The first-order chi connectivity index (χ1) is 10.7. The summed E-state index contributed by atoms with van der Waals surface area (Å²) in [6, 6.07) is 0. The SMILES string of the molecule is Cc1cn2c(n1)[C@@H](CNc1ncnc3onc(C)c13)CCC2. The minimum Gasteiger partial charge on any atom is -0.369 e. The number of nitrogens with one attached hydrogen (secondary N) is 1. The third kappa shape index (κ3) is 2.13. The lowest BCUT2D eigenvalue weighted by Crippen LogP contribution is -2.22. The second kappa shape index (κ2) is 5.08. The first-order valence-corrected chi connectivity index (χ1v) is 7.57. The van der Waals surface area contributed by atoms with Gasteiger partial charge >= 0.3 is 0 Å². The van der Waals surface area contributed by atoms with Crippen molar-refractivity contribution in [3.05, 3.63) is 29.7 Å². The first-order valence-electron chi connectivity index (χ1n) is 7.57. The van der Waals surface area contributed by atoms with E-state index >= 15 is 0 Å². The molecule has 114 valence electrons. The summed E-state index contributed by atoms with van der Waals surface area (Å²) in [4.78, 5) is 13.1. The van der Waals surface area contributed by atoms with Gasteiger partial charge in [-0.15, -0.1) is 0 Å². The Bertz CT molecular complexity index is 821. The van der Waals surface area contributed by atoms with Crippen LogP contribution in [0.1, 0.15) is 36.0 Å². The summed E-state index contributed by atoms with van der Waals surface area (Å²) in [5.74, 6) is 2.35. The monoisotopic (exact) mass is 298 g/mol. The van der Waals surface area contributed by atoms with Crippen LogP contribution in [0.3, 0.4) is 0 Å². The zero-order valence-electron chi connectivity index (χ0n) is 12.7. The van der Waals surface area contributed by atoms with Gasteiger partial charge in [0, 0.05) is 25.2 Å². The number of hydrogen-bond acceptors (Lipinski definition) is 6. The maximum absolute atomic E-state index is 5.18. The molecule has 0 saturated carbocycles. The summed E-state index contributed by atoms with van der Waals surface area (Å²) in [5, 5.41) is 8.25. The molecule has 4 rings (SSSR count). The molecule has 0 saturated heterocycles. The summed E-state index contributed by atoms with van der Waals surface area (Å²) in [6.45, 7) is 5.81. The Hall–Kier alpha value is -2.44. The maximum Gasteiger partial charge on any atom is 0.263 e. The largest absolute Gasteiger partial charge is 0.369 e. The van der Waals surface area contributed by atoms with Crippen molar-refractivity contribution in [2.45, 2.75) is 39.2 Å². The van der Waals surface area contributed by atoms with Crippen LogP contribution in [0.2, 0.25) is 0 Å². The van der Waals surface area contributed by atoms with Crippen molar-refractivity contribution in [1.29, 1.82) is 0 Å². The van der Waals surface area contributed by atoms with Gasteiger partial charge in [-0.1, -0.05) is 5.16 Å². The Labute approximate surface area is 127 Å². The molecule has 3 aromatic rings. The van der Waals surface area contributed by atoms with Gasteiger partial charge in [0.2, 0.25) is 0 Å². The maximum atomic E-state index is 5.18. The molecule has 1 N–H and O–H groups in total. The normalized spacial score (nSPS) is 17.6. The van der Waals surface area contributed by atoms with Gasteiger partial charge < -0.3 is 14.4 Å². The molecule has 22 heavy (non-hydrogen) atoms. The van der Waals surface area contributed by atoms with E-state index in [4.69, 9.17) is 4.52 Å². The van der Waals surface area contributed by atoms with E-state index in [9.17, 15) is 0 Å². The standard InChI is InChI=1S/C15H18N6O/c1-9-7-21-5-3-4-11(14(21)19-9)6-16-13-12-10(2)20-22-15(12)18-8-17-13/h7-8,11H,3-6H2,1-2H3,(H,16,17,18)/t11-/m1/s1. The van der Waals surface area contributed by atoms with Crippen LogP contribution >= 0.6 is 0 Å². The third-order valence-electron chi connectivity index (χ3n) is 4.20. The number of fused-ring (bicyclic) bond motifs is 2. The summed E-state index contributed by atoms with van der Waals surface area (Å²) < 4.78 is 7.45. The number of imidazole rings is 1. The average molecular weight is 298 g/mol. The van der Waals surface area contributed by atoms with Gasteiger partial charge in [-0.25, -0.2) is 9.97 Å². The molecule has 1 atom stereocenters. The zero-order valence-corrected chi connectivity index (χ0v) is 12.7. The van der Waals surface area contributed by atoms with Crippen LogP contribution in [-0.4, -0.2) is 31.2 Å². The van der Waals surface area contributed by atoms with Crippen LogP contribution in [0.4, 0.5) is 5.82 Å². The number of hydrogen-bond donors (Lipinski definition) is 1. The van der Waals surface area contributed by atoms with E-state index < -0.39 is 0 Å². The highest BCUT2D eigenvalue weighted by atomic mass is 16.5. The summed E-state index contributed by atoms with van der Waals surface area (Å²) >= 11 is 0. The number of nitrogens with zero attached hydrogens (tertiary/aromatic N) is 5. The molecule has 7 heteroatoms. The molecule has 0 amide bonds. The molecule has 0 bridgehead atoms. The molecule has 4 heterocycles. The Morgan fingerprint density at radius 1 is 1.36 bits per heavy atom. The summed E-state index contributed by atoms with van der Waals surface area (Å²) in [6.07, 6.45) is 5.96. The third-order valence-corrected chi connectivity index (χ3v) is 4.20. The van der Waals surface area contributed by atoms with Crippen LogP contribution in [-0.2, 0) is 6.54 Å². The fourth-order valence-electron chi connectivity index (χ4n) is 3.18. The van der Waals surface area contributed by atoms with Crippen molar-refractivity contribution in [2.24, 2.45) is 0 Å². The number of aryl methyl sites for hydroxylation is 3. The molecular formula is C15H18N6O. The summed E-state index contributed by atoms with van der Waals surface area (Å²) in [7, 11) is 0. The second-order valence-corrected chi connectivity index (χ2v) is 5.82. The van der Waals surface area contributed by atoms with Gasteiger partial charge in [-0.2, -0.15) is 4.98 Å². The smallest absolute Gasteiger partial charge is 0.263 e. The van der Waals surface area contributed by atoms with Crippen molar-refractivity contribution < 1.29 is 4.52 Å². The van der Waals surface area contributed by atoms with Crippen LogP contribution in [0, 0.1) is 13.8 Å². The average Bonchev–Trinajstić information content (AvgIpc) is 3.08. The predicted molar refractivity (Wildman–Crippen MR) is 81.8 cm³/mol. The molecule has 0 fully saturated rings. The lowest BCUT2D eigenvalue weighted by Gasteiger charge is -2.23. The molecule has 0 radical (unpaired) electrons. The van der Waals surface area contributed by atoms with Gasteiger partial charge in [0.15, 0.2) is 0 Å². The van der Waals surface area contributed by atoms with E-state index in [1.807, 2.05) is 13.8 Å². The minimum absolute atomic E-state index is 0.396. The number of aromatic nitrogens is 5. The molecule has 1 aliphatic heterocycles. The van der Waals surface area contributed by atoms with E-state index in [1.54, 1.807) is 0 Å². The molecular weight excluding hydrogens is 280 g/mol. The highest BCUT2D eigenvalue weighted by Crippen LogP contribution is 2.28. The Balaban J connectivity index is 1.59. The Morgan fingerprint density at radius 3 is 3.18 bits per heavy atom. The van der Waals surface area contributed by atoms with Crippen LogP contribution in [0.25, 0.3) is 11.1 Å². The van der Waals surface area contributed by atoms with Gasteiger partial charge in [0.1, 0.15) is 23.4 Å². The van der Waals surface area contributed by atoms with Gasteiger partial charge in [-0.05, 0) is 26.7 Å². The van der Waals surface area contributed by atoms with E-state index in [0.717, 1.165) is 42.1 Å². The number of rotatable bonds is 3. The predicted octanol–water partition coefficient (Wildman–Crippen LogP) is 2.42. The molecule has 0 unspecified atom stereocenters. The lowest BCUT2D eigenvalue weighted by atomic mass is 9.99. The van der Waals surface area contributed by atoms with Crippen molar-refractivity contribution >= 4 is 16.9 Å². The molecule has 7 nitrogen and oxygen atoms in total. The quantitative estimate of drug-likeness (QED) is 0.799. The second-order valence-electron chi connectivity index (χ2n) is 5.82. The van der Waals surface area contributed by atoms with Crippen molar-refractivity contribution in [2.75, 3.05) is 11.9 Å². The van der Waals surface area contributed by atoms with Crippen LogP contribution < -0.4 is 5.32 Å². The van der Waals surface area contributed by atoms with E-state index in [-0.39, 0.29) is 0 Å². The first kappa shape index (κ1) is 13.2. The van der Waals surface area contributed by atoms with Crippen molar-refractivity contribution in [3.63, 3.8) is 0 Å². The highest BCUT2D eigenvalue weighted by molar-refractivity contribution is 5.87. The van der Waals surface area contributed by atoms with Gasteiger partial charge in [0.05, 0.1) is 11.4 Å². The highest BCUT2D eigenvalue weighted by Gasteiger charge is 2.23. The van der Waals surface area contributed by atoms with E-state index in [1.165, 1.54) is 18.6 Å². The molecule has 0 aromatic carbocycles. The molecule has 1 aliphatic rings. The zero-order chi connectivity index (χ0) is 15.1. The van der Waals surface area contributed by atoms with E-state index in [0.29, 0.717) is 11.6 Å². The van der Waals surface area contributed by atoms with E-state index in [2.05, 4.69) is 36.2 Å². The molecule has 0 spiro atoms. The summed E-state index contributed by atoms with van der Waals surface area (Å²) in [5.41, 5.74) is 2.41. The fraction of sp³-hybridized carbons (Fsp3) is 0.467. The van der Waals surface area contributed by atoms with Crippen LogP contribution in [0.5, 0.6) is 0 Å². The van der Waals surface area contributed by atoms with Crippen molar-refractivity contribution in [3.8, 4) is 0 Å². The lowest BCUT2D eigenvalue weighted by molar-refractivity contribution is 0.442. The topological polar surface area (TPSA) is 81.7 Å². The number of anilines is 1. The fourth-order valence-corrected chi connectivity index (χ4v) is 3.18. The Morgan fingerprint density at radius 2 is 2.27 bits per heavy atom. The van der Waals surface area contributed by atoms with Crippen molar-refractivity contribution in [1.82, 2.24) is 24.7 Å². The van der Waals surface area contributed by atoms with Gasteiger partial charge in [0.25, 0.3) is 5.71 Å².